The van der Waals surface area contributed by atoms with Crippen molar-refractivity contribution in [2.75, 3.05) is 39.8 Å². The quantitative estimate of drug-likeness (QED) is 0.448. The Kier molecular flexibility index (Phi) is 5.59. The average Bonchev–Trinajstić information content (AvgIpc) is 2.49. The van der Waals surface area contributed by atoms with Gasteiger partial charge in [0.1, 0.15) is 11.6 Å². The Balaban J connectivity index is 2.27. The lowest BCUT2D eigenvalue weighted by Crippen LogP contribution is -2.51. The number of esters is 1. The molecule has 6 heteroatoms. The predicted molar refractivity (Wildman–Crippen MR) is 87.7 cm³/mol. The molecule has 2 heterocycles. The number of hydrogen-bond acceptors (Lipinski definition) is 6. The summed E-state index contributed by atoms with van der Waals surface area (Å²) in [5.74, 6) is -0.564. The number of nitriles is 1. The second-order valence-electron chi connectivity index (χ2n) is 5.80. The summed E-state index contributed by atoms with van der Waals surface area (Å²) in [6.45, 7) is 9.93. The van der Waals surface area contributed by atoms with Crippen LogP contribution in [0, 0.1) is 11.3 Å². The third-order valence-corrected chi connectivity index (χ3v) is 4.04. The third kappa shape index (κ3) is 3.81. The largest absolute Gasteiger partial charge is 0.462 e. The first-order valence-corrected chi connectivity index (χ1v) is 7.89. The first kappa shape index (κ1) is 17.3. The summed E-state index contributed by atoms with van der Waals surface area (Å²) >= 11 is 0. The lowest BCUT2D eigenvalue weighted by Gasteiger charge is -2.43. The van der Waals surface area contributed by atoms with Crippen molar-refractivity contribution < 1.29 is 9.53 Å². The SMILES string of the molecule is CCOC(=O)C(C#N)=C1C=C(C)N(N2CCN(C)CC2)C(C)=C1. The van der Waals surface area contributed by atoms with E-state index in [1.165, 1.54) is 0 Å². The summed E-state index contributed by atoms with van der Waals surface area (Å²) in [6, 6.07) is 1.97. The van der Waals surface area contributed by atoms with Gasteiger partial charge in [0.15, 0.2) is 0 Å². The maximum Gasteiger partial charge on any atom is 0.349 e. The predicted octanol–water partition coefficient (Wildman–Crippen LogP) is 1.66. The highest BCUT2D eigenvalue weighted by Gasteiger charge is 2.25. The smallest absolute Gasteiger partial charge is 0.349 e. The molecule has 124 valence electrons. The van der Waals surface area contributed by atoms with E-state index in [0.29, 0.717) is 5.57 Å². The van der Waals surface area contributed by atoms with Gasteiger partial charge in [0.25, 0.3) is 0 Å². The zero-order valence-corrected chi connectivity index (χ0v) is 14.3. The summed E-state index contributed by atoms with van der Waals surface area (Å²) in [6.07, 6.45) is 3.75. The molecule has 23 heavy (non-hydrogen) atoms. The molecule has 0 aromatic carbocycles. The Morgan fingerprint density at radius 2 is 1.78 bits per heavy atom. The van der Waals surface area contributed by atoms with Gasteiger partial charge in [-0.2, -0.15) is 5.26 Å². The minimum absolute atomic E-state index is 0.0589. The van der Waals surface area contributed by atoms with Crippen LogP contribution in [-0.4, -0.2) is 60.7 Å². The first-order valence-electron chi connectivity index (χ1n) is 7.89. The Labute approximate surface area is 137 Å². The summed E-state index contributed by atoms with van der Waals surface area (Å²) in [7, 11) is 2.12. The van der Waals surface area contributed by atoms with Crippen molar-refractivity contribution in [3.63, 3.8) is 0 Å². The van der Waals surface area contributed by atoms with Gasteiger partial charge >= 0.3 is 5.97 Å². The molecule has 0 radical (unpaired) electrons. The molecule has 0 bridgehead atoms. The average molecular weight is 316 g/mol. The van der Waals surface area contributed by atoms with Gasteiger partial charge in [-0.25, -0.2) is 9.80 Å². The van der Waals surface area contributed by atoms with E-state index < -0.39 is 5.97 Å². The third-order valence-electron chi connectivity index (χ3n) is 4.04. The van der Waals surface area contributed by atoms with Crippen molar-refractivity contribution in [1.82, 2.24) is 14.9 Å². The zero-order valence-electron chi connectivity index (χ0n) is 14.3. The van der Waals surface area contributed by atoms with Gasteiger partial charge in [0.2, 0.25) is 0 Å². The number of piperazine rings is 1. The standard InChI is InChI=1S/C17H24N4O2/c1-5-23-17(22)16(12-18)15-10-13(2)21(14(3)11-15)20-8-6-19(4)7-9-20/h10-11H,5-9H2,1-4H3. The number of carbonyl (C=O) groups is 1. The fraction of sp³-hybridized carbons (Fsp3) is 0.529. The van der Waals surface area contributed by atoms with Crippen molar-refractivity contribution in [3.8, 4) is 6.07 Å². The van der Waals surface area contributed by atoms with E-state index in [2.05, 4.69) is 22.0 Å². The van der Waals surface area contributed by atoms with Crippen LogP contribution in [0.5, 0.6) is 0 Å². The van der Waals surface area contributed by atoms with Crippen LogP contribution >= 0.6 is 0 Å². The fourth-order valence-electron chi connectivity index (χ4n) is 2.91. The molecule has 0 aromatic heterocycles. The molecule has 0 spiro atoms. The fourth-order valence-corrected chi connectivity index (χ4v) is 2.91. The van der Waals surface area contributed by atoms with E-state index in [1.54, 1.807) is 6.92 Å². The van der Waals surface area contributed by atoms with E-state index in [4.69, 9.17) is 4.74 Å². The topological polar surface area (TPSA) is 59.8 Å². The van der Waals surface area contributed by atoms with E-state index in [9.17, 15) is 10.1 Å². The van der Waals surface area contributed by atoms with Crippen LogP contribution in [0.15, 0.2) is 34.7 Å². The molecule has 2 aliphatic heterocycles. The monoisotopic (exact) mass is 316 g/mol. The molecular weight excluding hydrogens is 292 g/mol. The molecule has 0 aromatic rings. The lowest BCUT2D eigenvalue weighted by molar-refractivity contribution is -0.138. The van der Waals surface area contributed by atoms with Gasteiger partial charge in [-0.15, -0.1) is 0 Å². The Morgan fingerprint density at radius 1 is 1.22 bits per heavy atom. The molecule has 0 saturated carbocycles. The lowest BCUT2D eigenvalue weighted by atomic mass is 10.0. The number of ether oxygens (including phenoxy) is 1. The number of likely N-dealkylation sites (N-methyl/N-ethyl adjacent to an activating group) is 1. The van der Waals surface area contributed by atoms with Gasteiger partial charge in [-0.3, -0.25) is 5.01 Å². The Morgan fingerprint density at radius 3 is 2.26 bits per heavy atom. The summed E-state index contributed by atoms with van der Waals surface area (Å²) in [5.41, 5.74) is 2.68. The Hall–Kier alpha value is -2.10. The molecule has 0 amide bonds. The molecule has 0 aliphatic carbocycles. The van der Waals surface area contributed by atoms with Crippen molar-refractivity contribution in [2.45, 2.75) is 20.8 Å². The highest BCUT2D eigenvalue weighted by Crippen LogP contribution is 2.27. The van der Waals surface area contributed by atoms with Crippen LogP contribution < -0.4 is 0 Å². The minimum Gasteiger partial charge on any atom is -0.462 e. The van der Waals surface area contributed by atoms with Crippen molar-refractivity contribution in [2.24, 2.45) is 0 Å². The second-order valence-corrected chi connectivity index (χ2v) is 5.80. The molecule has 6 nitrogen and oxygen atoms in total. The molecule has 2 aliphatic rings. The molecule has 0 unspecified atom stereocenters. The van der Waals surface area contributed by atoms with Crippen molar-refractivity contribution >= 4 is 5.97 Å². The number of nitrogens with zero attached hydrogens (tertiary/aromatic N) is 4. The van der Waals surface area contributed by atoms with Gasteiger partial charge in [0.05, 0.1) is 6.61 Å². The van der Waals surface area contributed by atoms with Crippen molar-refractivity contribution in [1.29, 1.82) is 5.26 Å². The van der Waals surface area contributed by atoms with Crippen molar-refractivity contribution in [3.05, 3.63) is 34.7 Å². The summed E-state index contributed by atoms with van der Waals surface area (Å²) in [5, 5.41) is 13.8. The number of allylic oxidation sites excluding steroid dienone is 5. The van der Waals surface area contributed by atoms with Crippen LogP contribution in [0.1, 0.15) is 20.8 Å². The van der Waals surface area contributed by atoms with E-state index in [0.717, 1.165) is 37.6 Å². The summed E-state index contributed by atoms with van der Waals surface area (Å²) in [4.78, 5) is 14.2. The molecule has 0 N–H and O–H groups in total. The van der Waals surface area contributed by atoms with Crippen LogP contribution in [0.3, 0.4) is 0 Å². The number of hydrazine groups is 1. The highest BCUT2D eigenvalue weighted by molar-refractivity contribution is 5.95. The molecule has 1 fully saturated rings. The van der Waals surface area contributed by atoms with Crippen LogP contribution in [0.4, 0.5) is 0 Å². The maximum atomic E-state index is 11.9. The molecular formula is C17H24N4O2. The van der Waals surface area contributed by atoms with Crippen LogP contribution in [0.2, 0.25) is 0 Å². The van der Waals surface area contributed by atoms with E-state index >= 15 is 0 Å². The highest BCUT2D eigenvalue weighted by atomic mass is 16.5. The summed E-state index contributed by atoms with van der Waals surface area (Å²) < 4.78 is 4.97. The van der Waals surface area contributed by atoms with Gasteiger partial charge < -0.3 is 9.64 Å². The molecule has 0 atom stereocenters. The van der Waals surface area contributed by atoms with E-state index in [-0.39, 0.29) is 12.2 Å². The molecule has 2 rings (SSSR count). The van der Waals surface area contributed by atoms with Crippen LogP contribution in [0.25, 0.3) is 0 Å². The maximum absolute atomic E-state index is 11.9. The normalized spacial score (nSPS) is 19.8. The minimum atomic E-state index is -0.564. The van der Waals surface area contributed by atoms with Gasteiger partial charge in [-0.05, 0) is 40.0 Å². The first-order chi connectivity index (χ1) is 11.0. The second kappa shape index (κ2) is 7.44. The Bertz CT molecular complexity index is 583. The number of rotatable bonds is 3. The van der Waals surface area contributed by atoms with E-state index in [1.807, 2.05) is 32.1 Å². The zero-order chi connectivity index (χ0) is 17.0. The molecule has 1 saturated heterocycles. The number of carbonyl (C=O) groups excluding carboxylic acids is 1. The van der Waals surface area contributed by atoms with Crippen LogP contribution in [-0.2, 0) is 9.53 Å². The number of hydrogen-bond donors (Lipinski definition) is 0. The van der Waals surface area contributed by atoms with Gasteiger partial charge in [-0.1, -0.05) is 0 Å². The van der Waals surface area contributed by atoms with Gasteiger partial charge in [0, 0.05) is 43.1 Å².